The normalized spacial score (nSPS) is 11.1. The van der Waals surface area contributed by atoms with Crippen molar-refractivity contribution in [3.63, 3.8) is 0 Å². The van der Waals surface area contributed by atoms with Gasteiger partial charge < -0.3 is 10.1 Å². The number of para-hydroxylation sites is 2. The number of carboxylic acid groups (broad SMARTS) is 1. The second kappa shape index (κ2) is 4.77. The van der Waals surface area contributed by atoms with E-state index in [-0.39, 0.29) is 17.0 Å². The predicted molar refractivity (Wildman–Crippen MR) is 84.0 cm³/mol. The zero-order chi connectivity index (χ0) is 16.0. The Morgan fingerprint density at radius 3 is 2.48 bits per heavy atom. The van der Waals surface area contributed by atoms with Crippen LogP contribution in [0.5, 0.6) is 0 Å². The molecule has 112 valence electrons. The maximum Gasteiger partial charge on any atom is 0.357 e. The Morgan fingerprint density at radius 2 is 1.74 bits per heavy atom. The Labute approximate surface area is 128 Å². The monoisotopic (exact) mass is 306 g/mol. The Morgan fingerprint density at radius 1 is 1.04 bits per heavy atom. The molecule has 23 heavy (non-hydrogen) atoms. The van der Waals surface area contributed by atoms with E-state index < -0.39 is 11.5 Å². The van der Waals surface area contributed by atoms with Crippen LogP contribution in [0.4, 0.5) is 0 Å². The predicted octanol–water partition coefficient (Wildman–Crippen LogP) is 1.96. The third-order valence-electron chi connectivity index (χ3n) is 3.59. The number of benzene rings is 2. The molecule has 4 aromatic rings. The first-order valence-corrected chi connectivity index (χ1v) is 6.85. The number of aromatic amines is 1. The molecule has 0 aliphatic rings. The maximum atomic E-state index is 12.6. The van der Waals surface area contributed by atoms with Crippen LogP contribution in [0, 0.1) is 0 Å². The van der Waals surface area contributed by atoms with Crippen molar-refractivity contribution in [2.75, 3.05) is 0 Å². The van der Waals surface area contributed by atoms with Gasteiger partial charge in [-0.15, -0.1) is 0 Å². The number of carboxylic acids is 1. The Hall–Kier alpha value is -3.48. The Bertz CT molecular complexity index is 1090. The number of nitrogens with zero attached hydrogens (tertiary/aromatic N) is 3. The second-order valence-corrected chi connectivity index (χ2v) is 4.99. The van der Waals surface area contributed by atoms with Crippen LogP contribution in [0.25, 0.3) is 27.8 Å². The number of imidazole rings is 1. The topological polar surface area (TPSA) is 101 Å². The summed E-state index contributed by atoms with van der Waals surface area (Å²) in [5, 5.41) is 13.9. The number of H-pyrrole nitrogens is 1. The first-order valence-electron chi connectivity index (χ1n) is 6.85. The summed E-state index contributed by atoms with van der Waals surface area (Å²) in [6.45, 7) is 0. The van der Waals surface area contributed by atoms with Gasteiger partial charge in [0.15, 0.2) is 5.69 Å². The lowest BCUT2D eigenvalue weighted by molar-refractivity contribution is 0.0691. The molecule has 0 amide bonds. The van der Waals surface area contributed by atoms with Crippen molar-refractivity contribution in [2.24, 2.45) is 0 Å². The number of carbonyl (C=O) groups is 1. The minimum Gasteiger partial charge on any atom is -0.476 e. The Balaban J connectivity index is 2.09. The van der Waals surface area contributed by atoms with Crippen LogP contribution in [0.15, 0.2) is 53.3 Å². The fraction of sp³-hybridized carbons (Fsp3) is 0. The number of nitrogens with one attached hydrogen (secondary N) is 1. The average Bonchev–Trinajstić information content (AvgIpc) is 2.99. The third kappa shape index (κ3) is 1.98. The number of rotatable bonds is 2. The Kier molecular flexibility index (Phi) is 2.74. The van der Waals surface area contributed by atoms with Crippen molar-refractivity contribution in [1.29, 1.82) is 0 Å². The van der Waals surface area contributed by atoms with Gasteiger partial charge in [0.2, 0.25) is 5.95 Å². The lowest BCUT2D eigenvalue weighted by Crippen LogP contribution is -2.25. The van der Waals surface area contributed by atoms with E-state index in [1.165, 1.54) is 0 Å². The molecular weight excluding hydrogens is 296 g/mol. The van der Waals surface area contributed by atoms with Gasteiger partial charge in [-0.1, -0.05) is 30.3 Å². The summed E-state index contributed by atoms with van der Waals surface area (Å²) >= 11 is 0. The van der Waals surface area contributed by atoms with Crippen LogP contribution in [-0.2, 0) is 0 Å². The van der Waals surface area contributed by atoms with E-state index >= 15 is 0 Å². The standard InChI is InChI=1S/C16H10N4O3/c21-14-10-6-2-1-5-9(10)13(15(22)23)19-20(14)16-17-11-7-3-4-8-12(11)18-16/h1-8H,(H,17,18)(H,22,23). The molecule has 0 saturated carbocycles. The fourth-order valence-electron chi connectivity index (χ4n) is 2.53. The van der Waals surface area contributed by atoms with Crippen molar-refractivity contribution >= 4 is 27.8 Å². The maximum absolute atomic E-state index is 12.6. The van der Waals surface area contributed by atoms with Gasteiger partial charge in [0, 0.05) is 5.39 Å². The van der Waals surface area contributed by atoms with Crippen LogP contribution >= 0.6 is 0 Å². The van der Waals surface area contributed by atoms with Gasteiger partial charge in [-0.25, -0.2) is 9.78 Å². The molecule has 0 spiro atoms. The van der Waals surface area contributed by atoms with Gasteiger partial charge in [0.25, 0.3) is 5.56 Å². The molecule has 0 aliphatic heterocycles. The molecule has 0 fully saturated rings. The summed E-state index contributed by atoms with van der Waals surface area (Å²) in [6, 6.07) is 13.8. The van der Waals surface area contributed by atoms with Gasteiger partial charge in [0.1, 0.15) is 0 Å². The van der Waals surface area contributed by atoms with Crippen molar-refractivity contribution in [3.8, 4) is 5.95 Å². The van der Waals surface area contributed by atoms with Crippen LogP contribution in [0.3, 0.4) is 0 Å². The van der Waals surface area contributed by atoms with Crippen molar-refractivity contribution in [3.05, 3.63) is 64.6 Å². The number of aromatic carboxylic acids is 1. The fourth-order valence-corrected chi connectivity index (χ4v) is 2.53. The molecule has 0 atom stereocenters. The molecule has 0 unspecified atom stereocenters. The molecule has 2 aromatic carbocycles. The van der Waals surface area contributed by atoms with E-state index in [0.29, 0.717) is 10.9 Å². The van der Waals surface area contributed by atoms with E-state index in [4.69, 9.17) is 0 Å². The summed E-state index contributed by atoms with van der Waals surface area (Å²) < 4.78 is 0.992. The zero-order valence-corrected chi connectivity index (χ0v) is 11.7. The summed E-state index contributed by atoms with van der Waals surface area (Å²) in [6.07, 6.45) is 0. The average molecular weight is 306 g/mol. The number of hydrogen-bond acceptors (Lipinski definition) is 4. The minimum absolute atomic E-state index is 0.185. The number of aromatic nitrogens is 4. The largest absolute Gasteiger partial charge is 0.476 e. The molecular formula is C16H10N4O3. The summed E-state index contributed by atoms with van der Waals surface area (Å²) in [5.41, 5.74) is 0.785. The molecule has 7 heteroatoms. The zero-order valence-electron chi connectivity index (χ0n) is 11.7. The van der Waals surface area contributed by atoms with Crippen molar-refractivity contribution in [1.82, 2.24) is 19.7 Å². The van der Waals surface area contributed by atoms with Crippen molar-refractivity contribution < 1.29 is 9.90 Å². The van der Waals surface area contributed by atoms with Gasteiger partial charge in [0.05, 0.1) is 16.4 Å². The van der Waals surface area contributed by atoms with E-state index in [0.717, 1.165) is 10.2 Å². The van der Waals surface area contributed by atoms with Crippen molar-refractivity contribution in [2.45, 2.75) is 0 Å². The van der Waals surface area contributed by atoms with Crippen LogP contribution in [-0.4, -0.2) is 30.8 Å². The van der Waals surface area contributed by atoms with E-state index in [1.54, 1.807) is 30.3 Å². The first kappa shape index (κ1) is 13.2. The molecule has 0 radical (unpaired) electrons. The van der Waals surface area contributed by atoms with Gasteiger partial charge in [-0.05, 0) is 18.2 Å². The molecule has 2 heterocycles. The molecule has 4 rings (SSSR count). The molecule has 0 saturated heterocycles. The van der Waals surface area contributed by atoms with Crippen LogP contribution in [0.1, 0.15) is 10.5 Å². The number of fused-ring (bicyclic) bond motifs is 2. The molecule has 7 nitrogen and oxygen atoms in total. The van der Waals surface area contributed by atoms with Gasteiger partial charge >= 0.3 is 5.97 Å². The molecule has 2 aromatic heterocycles. The molecule has 0 aliphatic carbocycles. The quantitative estimate of drug-likeness (QED) is 0.589. The highest BCUT2D eigenvalue weighted by Crippen LogP contribution is 2.16. The lowest BCUT2D eigenvalue weighted by atomic mass is 10.1. The molecule has 0 bridgehead atoms. The highest BCUT2D eigenvalue weighted by Gasteiger charge is 2.17. The highest BCUT2D eigenvalue weighted by atomic mass is 16.4. The van der Waals surface area contributed by atoms with Crippen LogP contribution < -0.4 is 5.56 Å². The third-order valence-corrected chi connectivity index (χ3v) is 3.59. The first-order chi connectivity index (χ1) is 11.1. The van der Waals surface area contributed by atoms with Gasteiger partial charge in [-0.3, -0.25) is 4.79 Å². The van der Waals surface area contributed by atoms with Gasteiger partial charge in [-0.2, -0.15) is 9.78 Å². The number of hydrogen-bond donors (Lipinski definition) is 2. The highest BCUT2D eigenvalue weighted by molar-refractivity contribution is 6.01. The van der Waals surface area contributed by atoms with E-state index in [2.05, 4.69) is 15.1 Å². The second-order valence-electron chi connectivity index (χ2n) is 4.99. The summed E-state index contributed by atoms with van der Waals surface area (Å²) in [4.78, 5) is 31.4. The minimum atomic E-state index is -1.20. The summed E-state index contributed by atoms with van der Waals surface area (Å²) in [5.74, 6) is -1.02. The lowest BCUT2D eigenvalue weighted by Gasteiger charge is -2.06. The smallest absolute Gasteiger partial charge is 0.357 e. The van der Waals surface area contributed by atoms with E-state index in [9.17, 15) is 14.7 Å². The van der Waals surface area contributed by atoms with Crippen LogP contribution in [0.2, 0.25) is 0 Å². The SMILES string of the molecule is O=C(O)c1nn(-c2nc3ccccc3[nH]2)c(=O)c2ccccc12. The van der Waals surface area contributed by atoms with E-state index in [1.807, 2.05) is 18.2 Å². The molecule has 2 N–H and O–H groups in total. The summed E-state index contributed by atoms with van der Waals surface area (Å²) in [7, 11) is 0.